The fourth-order valence-electron chi connectivity index (χ4n) is 11.9. The molecule has 0 spiro atoms. The number of unbranched alkanes of at least 4 members (excludes halogenated alkanes) is 57. The van der Waals surface area contributed by atoms with E-state index in [1.165, 1.54) is 347 Å². The maximum atomic E-state index is 13.5. The van der Waals surface area contributed by atoms with Crippen LogP contribution in [0.15, 0.2) is 18.2 Å². The van der Waals surface area contributed by atoms with Crippen molar-refractivity contribution in [3.8, 4) is 5.75 Å². The van der Waals surface area contributed by atoms with Crippen LogP contribution in [-0.2, 0) is 0 Å². The van der Waals surface area contributed by atoms with E-state index in [4.69, 9.17) is 4.74 Å². The van der Waals surface area contributed by atoms with Crippen LogP contribution in [0, 0.1) is 0 Å². The summed E-state index contributed by atoms with van der Waals surface area (Å²) in [4.78, 5) is 26.9. The highest BCUT2D eigenvalue weighted by molar-refractivity contribution is 6.00. The van der Waals surface area contributed by atoms with E-state index in [2.05, 4.69) is 31.4 Å². The third-order valence-electron chi connectivity index (χ3n) is 17.4. The van der Waals surface area contributed by atoms with Crippen LogP contribution in [0.2, 0.25) is 0 Å². The van der Waals surface area contributed by atoms with Gasteiger partial charge in [-0.15, -0.1) is 0 Å². The Kier molecular flexibility index (Phi) is 60.3. The lowest BCUT2D eigenvalue weighted by Crippen LogP contribution is -2.26. The number of benzene rings is 1. The number of carbonyl (C=O) groups is 2. The fourth-order valence-corrected chi connectivity index (χ4v) is 11.9. The summed E-state index contributed by atoms with van der Waals surface area (Å²) in [5.74, 6) is 0.384. The summed E-state index contributed by atoms with van der Waals surface area (Å²) in [6.07, 6.45) is 82.0. The van der Waals surface area contributed by atoms with Crippen LogP contribution in [0.3, 0.4) is 0 Å². The molecule has 0 saturated carbocycles. The molecule has 5 heteroatoms. The zero-order chi connectivity index (χ0) is 56.7. The Hall–Kier alpha value is -2.04. The van der Waals surface area contributed by atoms with Crippen molar-refractivity contribution in [3.05, 3.63) is 29.3 Å². The fraction of sp³-hybridized carbons (Fsp3) is 0.892. The molecular weight excluding hydrogens is 965 g/mol. The van der Waals surface area contributed by atoms with E-state index in [-0.39, 0.29) is 11.8 Å². The molecule has 1 aromatic rings. The van der Waals surface area contributed by atoms with Crippen molar-refractivity contribution in [2.45, 2.75) is 406 Å². The molecule has 0 saturated heterocycles. The molecule has 0 heterocycles. The standard InChI is InChI=1S/C74H140N2O3/c1-4-7-10-13-16-19-22-25-28-31-33-35-37-39-41-43-46-49-52-55-58-61-66-75-73(77)70-64-65-71(72(69-70)79-68-63-60-57-54-51-48-45-30-27-24-21-18-15-12-9-6-3)74(78)76-67-62-59-56-53-50-47-44-42-40-38-36-34-32-29-26-23-20-17-14-11-8-5-2/h64-65,69H,4-63,66-68H2,1-3H3,(H,75,77)(H,76,78). The SMILES string of the molecule is CCCCCCCCCCCCCCCCCCCCCCCCNC(=O)c1ccc(C(=O)NCCCCCCCCCCCCCCCCCCCCCCCC)c(OCCCCCCCCCCCCCCCCCC)c1. The Balaban J connectivity index is 2.29. The average molecular weight is 1110 g/mol. The Labute approximate surface area is 495 Å². The summed E-state index contributed by atoms with van der Waals surface area (Å²) < 4.78 is 6.34. The topological polar surface area (TPSA) is 67.4 Å². The smallest absolute Gasteiger partial charge is 0.255 e. The van der Waals surface area contributed by atoms with Crippen molar-refractivity contribution in [1.82, 2.24) is 10.6 Å². The summed E-state index contributed by atoms with van der Waals surface area (Å²) in [6.45, 7) is 8.84. The highest BCUT2D eigenvalue weighted by Gasteiger charge is 2.16. The molecule has 5 nitrogen and oxygen atoms in total. The molecule has 0 aromatic heterocycles. The van der Waals surface area contributed by atoms with Crippen LogP contribution >= 0.6 is 0 Å². The van der Waals surface area contributed by atoms with E-state index in [0.717, 1.165) is 38.5 Å². The molecule has 0 aliphatic carbocycles. The lowest BCUT2D eigenvalue weighted by atomic mass is 10.0. The number of hydrogen-bond acceptors (Lipinski definition) is 3. The lowest BCUT2D eigenvalue weighted by molar-refractivity contribution is 0.0937. The summed E-state index contributed by atoms with van der Waals surface area (Å²) in [5, 5.41) is 6.34. The van der Waals surface area contributed by atoms with Gasteiger partial charge in [0.05, 0.1) is 12.2 Å². The first kappa shape index (κ1) is 75.0. The Bertz CT molecular complexity index is 1380. The van der Waals surface area contributed by atoms with E-state index < -0.39 is 0 Å². The van der Waals surface area contributed by atoms with Crippen molar-refractivity contribution in [2.75, 3.05) is 19.7 Å². The second-order valence-electron chi connectivity index (χ2n) is 25.2. The number of ether oxygens (including phenoxy) is 1. The highest BCUT2D eigenvalue weighted by Crippen LogP contribution is 2.23. The largest absolute Gasteiger partial charge is 0.493 e. The van der Waals surface area contributed by atoms with Gasteiger partial charge in [0.2, 0.25) is 0 Å². The molecule has 2 amide bonds. The van der Waals surface area contributed by atoms with Crippen LogP contribution in [0.4, 0.5) is 0 Å². The molecule has 464 valence electrons. The summed E-state index contributed by atoms with van der Waals surface area (Å²) in [7, 11) is 0. The quantitative estimate of drug-likeness (QED) is 0.0639. The van der Waals surface area contributed by atoms with Gasteiger partial charge >= 0.3 is 0 Å². The molecule has 0 radical (unpaired) electrons. The summed E-state index contributed by atoms with van der Waals surface area (Å²) >= 11 is 0. The summed E-state index contributed by atoms with van der Waals surface area (Å²) in [5.41, 5.74) is 1.13. The molecule has 79 heavy (non-hydrogen) atoms. The highest BCUT2D eigenvalue weighted by atomic mass is 16.5. The molecule has 0 atom stereocenters. The van der Waals surface area contributed by atoms with Crippen LogP contribution < -0.4 is 15.4 Å². The van der Waals surface area contributed by atoms with Gasteiger partial charge in [0.1, 0.15) is 5.75 Å². The van der Waals surface area contributed by atoms with Crippen molar-refractivity contribution in [1.29, 1.82) is 0 Å². The van der Waals surface area contributed by atoms with E-state index in [0.29, 0.717) is 36.6 Å². The van der Waals surface area contributed by atoms with Gasteiger partial charge in [-0.25, -0.2) is 0 Å². The molecule has 0 unspecified atom stereocenters. The second-order valence-corrected chi connectivity index (χ2v) is 25.2. The predicted molar refractivity (Wildman–Crippen MR) is 351 cm³/mol. The first-order chi connectivity index (χ1) is 39.1. The molecule has 0 fully saturated rings. The van der Waals surface area contributed by atoms with Crippen molar-refractivity contribution < 1.29 is 14.3 Å². The van der Waals surface area contributed by atoms with Crippen molar-refractivity contribution in [2.24, 2.45) is 0 Å². The molecular formula is C74H140N2O3. The van der Waals surface area contributed by atoms with Gasteiger partial charge in [0.25, 0.3) is 11.8 Å². The van der Waals surface area contributed by atoms with Crippen LogP contribution in [0.25, 0.3) is 0 Å². The van der Waals surface area contributed by atoms with Crippen molar-refractivity contribution >= 4 is 11.8 Å². The predicted octanol–water partition coefficient (Wildman–Crippen LogP) is 25.0. The number of hydrogen-bond donors (Lipinski definition) is 2. The summed E-state index contributed by atoms with van der Waals surface area (Å²) in [6, 6.07) is 5.43. The Morgan fingerprint density at radius 2 is 0.494 bits per heavy atom. The Morgan fingerprint density at radius 1 is 0.278 bits per heavy atom. The zero-order valence-electron chi connectivity index (χ0n) is 54.0. The Morgan fingerprint density at radius 3 is 0.747 bits per heavy atom. The van der Waals surface area contributed by atoms with E-state index in [1.54, 1.807) is 0 Å². The number of carbonyl (C=O) groups excluding carboxylic acids is 2. The van der Waals surface area contributed by atoms with Crippen LogP contribution in [0.1, 0.15) is 427 Å². The molecule has 0 aliphatic heterocycles. The second kappa shape index (κ2) is 63.5. The first-order valence-corrected chi connectivity index (χ1v) is 36.5. The number of rotatable bonds is 66. The minimum atomic E-state index is -0.0905. The van der Waals surface area contributed by atoms with Gasteiger partial charge < -0.3 is 15.4 Å². The first-order valence-electron chi connectivity index (χ1n) is 36.5. The minimum absolute atomic E-state index is 0.0717. The normalized spacial score (nSPS) is 11.5. The molecule has 1 rings (SSSR count). The van der Waals surface area contributed by atoms with Gasteiger partial charge in [-0.05, 0) is 37.5 Å². The monoisotopic (exact) mass is 1110 g/mol. The maximum Gasteiger partial charge on any atom is 0.255 e. The minimum Gasteiger partial charge on any atom is -0.493 e. The van der Waals surface area contributed by atoms with Gasteiger partial charge in [-0.2, -0.15) is 0 Å². The van der Waals surface area contributed by atoms with E-state index >= 15 is 0 Å². The maximum absolute atomic E-state index is 13.5. The molecule has 1 aromatic carbocycles. The van der Waals surface area contributed by atoms with E-state index in [9.17, 15) is 9.59 Å². The van der Waals surface area contributed by atoms with Gasteiger partial charge in [0.15, 0.2) is 0 Å². The average Bonchev–Trinajstić information content (AvgIpc) is 3.46. The third-order valence-corrected chi connectivity index (χ3v) is 17.4. The third kappa shape index (κ3) is 53.7. The molecule has 2 N–H and O–H groups in total. The van der Waals surface area contributed by atoms with Gasteiger partial charge in [-0.3, -0.25) is 9.59 Å². The molecule has 0 aliphatic rings. The zero-order valence-corrected chi connectivity index (χ0v) is 54.0. The van der Waals surface area contributed by atoms with Gasteiger partial charge in [-0.1, -0.05) is 387 Å². The van der Waals surface area contributed by atoms with Crippen molar-refractivity contribution in [3.63, 3.8) is 0 Å². The number of amides is 2. The lowest BCUT2D eigenvalue weighted by Gasteiger charge is -2.14. The molecule has 0 bridgehead atoms. The van der Waals surface area contributed by atoms with Gasteiger partial charge in [0, 0.05) is 18.7 Å². The number of nitrogens with one attached hydrogen (secondary N) is 2. The van der Waals surface area contributed by atoms with Crippen LogP contribution in [0.5, 0.6) is 5.75 Å². The van der Waals surface area contributed by atoms with E-state index in [1.807, 2.05) is 18.2 Å². The van der Waals surface area contributed by atoms with Crippen LogP contribution in [-0.4, -0.2) is 31.5 Å².